The minimum absolute atomic E-state index is 0.0225. The van der Waals surface area contributed by atoms with Gasteiger partial charge in [0.2, 0.25) is 0 Å². The molecule has 0 saturated carbocycles. The van der Waals surface area contributed by atoms with E-state index in [0.717, 1.165) is 17.0 Å². The van der Waals surface area contributed by atoms with Gasteiger partial charge in [-0.2, -0.15) is 4.98 Å². The van der Waals surface area contributed by atoms with Crippen LogP contribution >= 0.6 is 11.3 Å². The molecule has 2 heterocycles. The topological polar surface area (TPSA) is 89.8 Å². The summed E-state index contributed by atoms with van der Waals surface area (Å²) in [6.45, 7) is 3.42. The number of aromatic nitrogens is 4. The van der Waals surface area contributed by atoms with Crippen molar-refractivity contribution >= 4 is 27.3 Å². The zero-order valence-electron chi connectivity index (χ0n) is 11.9. The van der Waals surface area contributed by atoms with E-state index in [1.807, 2.05) is 30.3 Å². The molecule has 9 heteroatoms. The minimum Gasteiger partial charge on any atom is -0.245 e. The van der Waals surface area contributed by atoms with Gasteiger partial charge < -0.3 is 0 Å². The molecule has 0 spiro atoms. The lowest BCUT2D eigenvalue weighted by molar-refractivity contribution is 0.602. The number of nitrogens with zero attached hydrogens (tertiary/aromatic N) is 4. The van der Waals surface area contributed by atoms with E-state index in [2.05, 4.69) is 19.8 Å². The van der Waals surface area contributed by atoms with E-state index in [1.54, 1.807) is 13.8 Å². The Kier molecular flexibility index (Phi) is 3.67. The smallest absolute Gasteiger partial charge is 0.245 e. The molecule has 0 amide bonds. The van der Waals surface area contributed by atoms with E-state index in [9.17, 15) is 8.42 Å². The zero-order valence-corrected chi connectivity index (χ0v) is 13.5. The average molecular weight is 335 g/mol. The number of anilines is 1. The van der Waals surface area contributed by atoms with Crippen LogP contribution in [0.4, 0.5) is 5.95 Å². The second-order valence-electron chi connectivity index (χ2n) is 4.56. The SMILES string of the molecule is Cc1nc(C)c(S(=O)(=O)Nc2ncn(-c3ccccc3)n2)s1. The van der Waals surface area contributed by atoms with Crippen molar-refractivity contribution in [3.05, 3.63) is 47.4 Å². The Hall–Kier alpha value is -2.26. The number of rotatable bonds is 4. The number of nitrogens with one attached hydrogen (secondary N) is 1. The molecule has 22 heavy (non-hydrogen) atoms. The molecule has 0 saturated heterocycles. The first-order chi connectivity index (χ1) is 10.5. The monoisotopic (exact) mass is 335 g/mol. The van der Waals surface area contributed by atoms with E-state index < -0.39 is 10.0 Å². The van der Waals surface area contributed by atoms with Crippen molar-refractivity contribution in [2.75, 3.05) is 4.72 Å². The van der Waals surface area contributed by atoms with Gasteiger partial charge in [-0.3, -0.25) is 0 Å². The molecular weight excluding hydrogens is 322 g/mol. The summed E-state index contributed by atoms with van der Waals surface area (Å²) in [5.74, 6) is 0.0225. The molecule has 1 N–H and O–H groups in total. The molecule has 0 bridgehead atoms. The maximum atomic E-state index is 12.4. The van der Waals surface area contributed by atoms with E-state index in [-0.39, 0.29) is 10.2 Å². The summed E-state index contributed by atoms with van der Waals surface area (Å²) >= 11 is 1.12. The summed E-state index contributed by atoms with van der Waals surface area (Å²) in [5, 5.41) is 4.82. The van der Waals surface area contributed by atoms with Gasteiger partial charge in [0.25, 0.3) is 16.0 Å². The van der Waals surface area contributed by atoms with Crippen LogP contribution in [0.2, 0.25) is 0 Å². The van der Waals surface area contributed by atoms with Crippen LogP contribution in [0.3, 0.4) is 0 Å². The number of aryl methyl sites for hydroxylation is 2. The Bertz CT molecular complexity index is 900. The molecule has 0 atom stereocenters. The summed E-state index contributed by atoms with van der Waals surface area (Å²) in [5.41, 5.74) is 1.27. The van der Waals surface area contributed by atoms with Gasteiger partial charge in [0.05, 0.1) is 16.4 Å². The molecular formula is C13H13N5O2S2. The molecule has 0 aliphatic rings. The van der Waals surface area contributed by atoms with Crippen molar-refractivity contribution in [2.24, 2.45) is 0 Å². The fraction of sp³-hybridized carbons (Fsp3) is 0.154. The Morgan fingerprint density at radius 3 is 2.55 bits per heavy atom. The highest BCUT2D eigenvalue weighted by Crippen LogP contribution is 2.24. The molecule has 2 aromatic heterocycles. The van der Waals surface area contributed by atoms with Gasteiger partial charge in [-0.1, -0.05) is 18.2 Å². The highest BCUT2D eigenvalue weighted by Gasteiger charge is 2.22. The van der Waals surface area contributed by atoms with Gasteiger partial charge in [-0.25, -0.2) is 22.8 Å². The number of thiazole rings is 1. The summed E-state index contributed by atoms with van der Waals surface area (Å²) in [7, 11) is -3.72. The Morgan fingerprint density at radius 1 is 1.18 bits per heavy atom. The van der Waals surface area contributed by atoms with Gasteiger partial charge in [0, 0.05) is 0 Å². The number of hydrogen-bond donors (Lipinski definition) is 1. The zero-order chi connectivity index (χ0) is 15.7. The Labute approximate surface area is 131 Å². The predicted octanol–water partition coefficient (Wildman–Crippen LogP) is 2.14. The van der Waals surface area contributed by atoms with Crippen LogP contribution in [-0.4, -0.2) is 28.2 Å². The van der Waals surface area contributed by atoms with Gasteiger partial charge in [0.15, 0.2) is 4.21 Å². The van der Waals surface area contributed by atoms with E-state index in [4.69, 9.17) is 0 Å². The van der Waals surface area contributed by atoms with Crippen molar-refractivity contribution < 1.29 is 8.42 Å². The van der Waals surface area contributed by atoms with Crippen LogP contribution in [-0.2, 0) is 10.0 Å². The number of benzene rings is 1. The Morgan fingerprint density at radius 2 is 1.91 bits per heavy atom. The van der Waals surface area contributed by atoms with E-state index >= 15 is 0 Å². The molecule has 7 nitrogen and oxygen atoms in total. The summed E-state index contributed by atoms with van der Waals surface area (Å²) in [6, 6.07) is 9.32. The number of hydrogen-bond acceptors (Lipinski definition) is 6. The molecule has 0 fully saturated rings. The van der Waals surface area contributed by atoms with Crippen LogP contribution in [0.1, 0.15) is 10.7 Å². The molecule has 0 aliphatic carbocycles. The first kappa shape index (κ1) is 14.7. The van der Waals surface area contributed by atoms with E-state index in [1.165, 1.54) is 11.0 Å². The molecule has 114 valence electrons. The summed E-state index contributed by atoms with van der Waals surface area (Å²) in [4.78, 5) is 8.11. The minimum atomic E-state index is -3.72. The predicted molar refractivity (Wildman–Crippen MR) is 83.8 cm³/mol. The van der Waals surface area contributed by atoms with Crippen molar-refractivity contribution in [3.63, 3.8) is 0 Å². The van der Waals surface area contributed by atoms with Crippen molar-refractivity contribution in [3.8, 4) is 5.69 Å². The highest BCUT2D eigenvalue weighted by molar-refractivity contribution is 7.94. The normalized spacial score (nSPS) is 11.5. The van der Waals surface area contributed by atoms with Gasteiger partial charge in [-0.05, 0) is 26.0 Å². The van der Waals surface area contributed by atoms with Crippen LogP contribution in [0.5, 0.6) is 0 Å². The summed E-state index contributed by atoms with van der Waals surface area (Å²) in [6.07, 6.45) is 1.46. The lowest BCUT2D eigenvalue weighted by atomic mass is 10.3. The van der Waals surface area contributed by atoms with Crippen molar-refractivity contribution in [2.45, 2.75) is 18.1 Å². The first-order valence-corrected chi connectivity index (χ1v) is 8.69. The van der Waals surface area contributed by atoms with Crippen LogP contribution in [0.25, 0.3) is 5.69 Å². The third-order valence-electron chi connectivity index (χ3n) is 2.84. The van der Waals surface area contributed by atoms with Crippen LogP contribution in [0.15, 0.2) is 40.9 Å². The average Bonchev–Trinajstić information content (AvgIpc) is 3.06. The molecule has 3 rings (SSSR count). The van der Waals surface area contributed by atoms with Crippen LogP contribution < -0.4 is 4.72 Å². The second kappa shape index (κ2) is 5.50. The van der Waals surface area contributed by atoms with Crippen molar-refractivity contribution in [1.82, 2.24) is 19.7 Å². The fourth-order valence-corrected chi connectivity index (χ4v) is 4.37. The van der Waals surface area contributed by atoms with Crippen LogP contribution in [0, 0.1) is 13.8 Å². The molecule has 1 aromatic carbocycles. The molecule has 0 aliphatic heterocycles. The van der Waals surface area contributed by atoms with Gasteiger partial charge >= 0.3 is 0 Å². The maximum Gasteiger partial charge on any atom is 0.275 e. The second-order valence-corrected chi connectivity index (χ2v) is 7.64. The van der Waals surface area contributed by atoms with Gasteiger partial charge in [-0.15, -0.1) is 16.4 Å². The summed E-state index contributed by atoms with van der Waals surface area (Å²) < 4.78 is 28.8. The third kappa shape index (κ3) is 2.85. The number of sulfonamides is 1. The quantitative estimate of drug-likeness (QED) is 0.789. The van der Waals surface area contributed by atoms with Gasteiger partial charge in [0.1, 0.15) is 6.33 Å². The van der Waals surface area contributed by atoms with E-state index in [0.29, 0.717) is 10.7 Å². The third-order valence-corrected chi connectivity index (χ3v) is 5.85. The lowest BCUT2D eigenvalue weighted by Gasteiger charge is -2.02. The molecule has 3 aromatic rings. The van der Waals surface area contributed by atoms with Crippen molar-refractivity contribution in [1.29, 1.82) is 0 Å². The highest BCUT2D eigenvalue weighted by atomic mass is 32.2. The standard InChI is InChI=1S/C13H13N5O2S2/c1-9-12(21-10(2)15-9)22(19,20)17-13-14-8-18(16-13)11-6-4-3-5-7-11/h3-8H,1-2H3,(H,16,17). The first-order valence-electron chi connectivity index (χ1n) is 6.39. The lowest BCUT2D eigenvalue weighted by Crippen LogP contribution is -2.14. The molecule has 0 radical (unpaired) electrons. The molecule has 0 unspecified atom stereocenters. The fourth-order valence-electron chi connectivity index (χ4n) is 1.94. The maximum absolute atomic E-state index is 12.4. The largest absolute Gasteiger partial charge is 0.275 e. The number of para-hydroxylation sites is 1. The Balaban J connectivity index is 1.88.